The highest BCUT2D eigenvalue weighted by Crippen LogP contribution is 2.32. The standard InChI is InChI=1S/C18H22BrNO/c1-5-20-18(16-10-12(2)6-9-17(16)19)15-8-7-14(21-4)11-13(15)3/h6-11,18,20H,5H2,1-4H3. The number of aryl methyl sites for hydroxylation is 2. The first-order valence-electron chi connectivity index (χ1n) is 7.20. The fourth-order valence-corrected chi connectivity index (χ4v) is 3.05. The summed E-state index contributed by atoms with van der Waals surface area (Å²) in [6.07, 6.45) is 0. The molecule has 0 aliphatic heterocycles. The van der Waals surface area contributed by atoms with Crippen LogP contribution in [-0.4, -0.2) is 13.7 Å². The van der Waals surface area contributed by atoms with Gasteiger partial charge in [-0.1, -0.05) is 46.6 Å². The highest BCUT2D eigenvalue weighted by Gasteiger charge is 2.18. The number of hydrogen-bond donors (Lipinski definition) is 1. The number of halogens is 1. The summed E-state index contributed by atoms with van der Waals surface area (Å²) in [5.74, 6) is 0.898. The topological polar surface area (TPSA) is 21.3 Å². The molecule has 1 N–H and O–H groups in total. The van der Waals surface area contributed by atoms with E-state index in [4.69, 9.17) is 4.74 Å². The molecule has 0 amide bonds. The Morgan fingerprint density at radius 3 is 2.48 bits per heavy atom. The molecule has 0 aromatic heterocycles. The summed E-state index contributed by atoms with van der Waals surface area (Å²) >= 11 is 3.69. The van der Waals surface area contributed by atoms with Gasteiger partial charge in [-0.3, -0.25) is 0 Å². The van der Waals surface area contributed by atoms with E-state index in [1.807, 2.05) is 6.07 Å². The van der Waals surface area contributed by atoms with Crippen molar-refractivity contribution in [3.63, 3.8) is 0 Å². The van der Waals surface area contributed by atoms with Crippen LogP contribution < -0.4 is 10.1 Å². The van der Waals surface area contributed by atoms with E-state index >= 15 is 0 Å². The van der Waals surface area contributed by atoms with Gasteiger partial charge >= 0.3 is 0 Å². The molecule has 0 saturated heterocycles. The van der Waals surface area contributed by atoms with Gasteiger partial charge in [-0.25, -0.2) is 0 Å². The summed E-state index contributed by atoms with van der Waals surface area (Å²) in [4.78, 5) is 0. The fourth-order valence-electron chi connectivity index (χ4n) is 2.58. The monoisotopic (exact) mass is 347 g/mol. The van der Waals surface area contributed by atoms with E-state index in [-0.39, 0.29) is 6.04 Å². The van der Waals surface area contributed by atoms with Gasteiger partial charge in [0.25, 0.3) is 0 Å². The first-order chi connectivity index (χ1) is 10.1. The normalized spacial score (nSPS) is 12.2. The van der Waals surface area contributed by atoms with Crippen molar-refractivity contribution in [3.05, 3.63) is 63.1 Å². The summed E-state index contributed by atoms with van der Waals surface area (Å²) in [5, 5.41) is 3.59. The van der Waals surface area contributed by atoms with Gasteiger partial charge in [-0.05, 0) is 55.3 Å². The van der Waals surface area contributed by atoms with Gasteiger partial charge in [-0.2, -0.15) is 0 Å². The molecule has 2 aromatic carbocycles. The molecule has 0 bridgehead atoms. The van der Waals surface area contributed by atoms with Crippen molar-refractivity contribution >= 4 is 15.9 Å². The molecule has 2 rings (SSSR count). The van der Waals surface area contributed by atoms with Crippen LogP contribution >= 0.6 is 15.9 Å². The van der Waals surface area contributed by atoms with Crippen molar-refractivity contribution in [1.82, 2.24) is 5.32 Å². The van der Waals surface area contributed by atoms with Crippen molar-refractivity contribution < 1.29 is 4.74 Å². The molecule has 3 heteroatoms. The van der Waals surface area contributed by atoms with Gasteiger partial charge in [0, 0.05) is 4.47 Å². The maximum absolute atomic E-state index is 5.31. The van der Waals surface area contributed by atoms with Crippen molar-refractivity contribution in [3.8, 4) is 5.75 Å². The van der Waals surface area contributed by atoms with E-state index in [0.717, 1.165) is 16.8 Å². The summed E-state index contributed by atoms with van der Waals surface area (Å²) in [6.45, 7) is 7.30. The minimum atomic E-state index is 0.176. The lowest BCUT2D eigenvalue weighted by atomic mass is 9.94. The third-order valence-corrected chi connectivity index (χ3v) is 4.38. The first kappa shape index (κ1) is 16.1. The summed E-state index contributed by atoms with van der Waals surface area (Å²) in [7, 11) is 1.70. The molecular formula is C18H22BrNO. The van der Waals surface area contributed by atoms with Crippen molar-refractivity contribution in [2.45, 2.75) is 26.8 Å². The maximum Gasteiger partial charge on any atom is 0.119 e. The third kappa shape index (κ3) is 3.66. The second-order valence-electron chi connectivity index (χ2n) is 5.24. The fraction of sp³-hybridized carbons (Fsp3) is 0.333. The minimum absolute atomic E-state index is 0.176. The minimum Gasteiger partial charge on any atom is -0.497 e. The molecule has 0 heterocycles. The molecule has 0 spiro atoms. The molecule has 0 radical (unpaired) electrons. The van der Waals surface area contributed by atoms with Crippen LogP contribution in [0.5, 0.6) is 5.75 Å². The Morgan fingerprint density at radius 2 is 1.86 bits per heavy atom. The van der Waals surface area contributed by atoms with Crippen LogP contribution in [0.4, 0.5) is 0 Å². The maximum atomic E-state index is 5.31. The lowest BCUT2D eigenvalue weighted by Gasteiger charge is -2.23. The van der Waals surface area contributed by atoms with E-state index in [1.54, 1.807) is 7.11 Å². The Hall–Kier alpha value is -1.32. The zero-order valence-electron chi connectivity index (χ0n) is 13.0. The average Bonchev–Trinajstić information content (AvgIpc) is 2.48. The predicted octanol–water partition coefficient (Wildman–Crippen LogP) is 4.77. The lowest BCUT2D eigenvalue weighted by Crippen LogP contribution is -2.23. The third-order valence-electron chi connectivity index (χ3n) is 3.66. The molecule has 2 nitrogen and oxygen atoms in total. The van der Waals surface area contributed by atoms with Gasteiger partial charge in [0.15, 0.2) is 0 Å². The number of benzene rings is 2. The largest absolute Gasteiger partial charge is 0.497 e. The molecule has 0 saturated carbocycles. The van der Waals surface area contributed by atoms with Crippen LogP contribution in [-0.2, 0) is 0 Å². The van der Waals surface area contributed by atoms with Gasteiger partial charge in [0.1, 0.15) is 5.75 Å². The molecule has 21 heavy (non-hydrogen) atoms. The quantitative estimate of drug-likeness (QED) is 0.840. The Labute approximate surface area is 135 Å². The van der Waals surface area contributed by atoms with Crippen molar-refractivity contribution in [1.29, 1.82) is 0 Å². The van der Waals surface area contributed by atoms with Gasteiger partial charge in [-0.15, -0.1) is 0 Å². The molecule has 112 valence electrons. The summed E-state index contributed by atoms with van der Waals surface area (Å²) < 4.78 is 6.44. The SMILES string of the molecule is CCNC(c1ccc(OC)cc1C)c1cc(C)ccc1Br. The van der Waals surface area contributed by atoms with Crippen LogP contribution in [0.2, 0.25) is 0 Å². The Bertz CT molecular complexity index is 625. The van der Waals surface area contributed by atoms with Crippen molar-refractivity contribution in [2.75, 3.05) is 13.7 Å². The second-order valence-corrected chi connectivity index (χ2v) is 6.09. The molecule has 0 aliphatic carbocycles. The molecule has 0 fully saturated rings. The van der Waals surface area contributed by atoms with E-state index in [2.05, 4.69) is 72.3 Å². The smallest absolute Gasteiger partial charge is 0.119 e. The Kier molecular flexibility index (Phi) is 5.43. The first-order valence-corrected chi connectivity index (χ1v) is 8.00. The van der Waals surface area contributed by atoms with E-state index in [9.17, 15) is 0 Å². The molecule has 2 aromatic rings. The van der Waals surface area contributed by atoms with Crippen molar-refractivity contribution in [2.24, 2.45) is 0 Å². The van der Waals surface area contributed by atoms with Crippen LogP contribution in [0.3, 0.4) is 0 Å². The number of nitrogens with one attached hydrogen (secondary N) is 1. The van der Waals surface area contributed by atoms with Crippen LogP contribution in [0, 0.1) is 13.8 Å². The molecular weight excluding hydrogens is 326 g/mol. The summed E-state index contributed by atoms with van der Waals surface area (Å²) in [5.41, 5.74) is 5.05. The van der Waals surface area contributed by atoms with Gasteiger partial charge in [0.05, 0.1) is 13.2 Å². The zero-order valence-corrected chi connectivity index (χ0v) is 14.6. The second kappa shape index (κ2) is 7.10. The number of ether oxygens (including phenoxy) is 1. The Balaban J connectivity index is 2.50. The van der Waals surface area contributed by atoms with Crippen LogP contribution in [0.1, 0.15) is 35.2 Å². The number of hydrogen-bond acceptors (Lipinski definition) is 2. The van der Waals surface area contributed by atoms with E-state index in [0.29, 0.717) is 0 Å². The average molecular weight is 348 g/mol. The predicted molar refractivity (Wildman–Crippen MR) is 92.1 cm³/mol. The lowest BCUT2D eigenvalue weighted by molar-refractivity contribution is 0.414. The van der Waals surface area contributed by atoms with Gasteiger partial charge in [0.2, 0.25) is 0 Å². The molecule has 0 aliphatic rings. The van der Waals surface area contributed by atoms with Crippen LogP contribution in [0.25, 0.3) is 0 Å². The summed E-state index contributed by atoms with van der Waals surface area (Å²) in [6, 6.07) is 12.9. The number of rotatable bonds is 5. The van der Waals surface area contributed by atoms with E-state index in [1.165, 1.54) is 22.3 Å². The number of methoxy groups -OCH3 is 1. The van der Waals surface area contributed by atoms with E-state index < -0.39 is 0 Å². The highest BCUT2D eigenvalue weighted by molar-refractivity contribution is 9.10. The highest BCUT2D eigenvalue weighted by atomic mass is 79.9. The zero-order chi connectivity index (χ0) is 15.4. The van der Waals surface area contributed by atoms with Crippen LogP contribution in [0.15, 0.2) is 40.9 Å². The Morgan fingerprint density at radius 1 is 1.10 bits per heavy atom. The molecule has 1 unspecified atom stereocenters. The van der Waals surface area contributed by atoms with Gasteiger partial charge < -0.3 is 10.1 Å². The molecule has 1 atom stereocenters.